The van der Waals surface area contributed by atoms with E-state index in [1.807, 2.05) is 13.8 Å². The van der Waals surface area contributed by atoms with E-state index in [0.717, 1.165) is 25.9 Å². The van der Waals surface area contributed by atoms with Crippen molar-refractivity contribution in [3.05, 3.63) is 0 Å². The number of rotatable bonds is 7. The van der Waals surface area contributed by atoms with Crippen LogP contribution in [0.15, 0.2) is 0 Å². The van der Waals surface area contributed by atoms with Crippen molar-refractivity contribution < 1.29 is 19.1 Å². The first-order valence-corrected chi connectivity index (χ1v) is 7.27. The number of nitrogens with one attached hydrogen (secondary N) is 1. The largest absolute Gasteiger partial charge is 0.466 e. The smallest absolute Gasteiger partial charge is 0.309 e. The number of piperidine rings is 1. The van der Waals surface area contributed by atoms with Crippen molar-refractivity contribution >= 4 is 11.9 Å². The molecule has 1 N–H and O–H groups in total. The molecule has 0 saturated carbocycles. The van der Waals surface area contributed by atoms with Crippen LogP contribution >= 0.6 is 0 Å². The van der Waals surface area contributed by atoms with Gasteiger partial charge in [0.05, 0.1) is 25.2 Å². The Kier molecular flexibility index (Phi) is 7.54. The maximum Gasteiger partial charge on any atom is 0.309 e. The van der Waals surface area contributed by atoms with E-state index < -0.39 is 0 Å². The number of nitrogens with zero attached hydrogens (tertiary/aromatic N) is 1. The minimum absolute atomic E-state index is 0.0108. The van der Waals surface area contributed by atoms with Crippen molar-refractivity contribution in [3.8, 4) is 0 Å². The van der Waals surface area contributed by atoms with Gasteiger partial charge in [-0.05, 0) is 39.8 Å². The summed E-state index contributed by atoms with van der Waals surface area (Å²) in [6.45, 7) is 6.69. The molecule has 1 aliphatic rings. The molecule has 6 heteroatoms. The molecule has 1 rings (SSSR count). The van der Waals surface area contributed by atoms with Gasteiger partial charge in [0.15, 0.2) is 0 Å². The van der Waals surface area contributed by atoms with Gasteiger partial charge in [0.1, 0.15) is 0 Å². The molecule has 1 aliphatic heterocycles. The third-order valence-electron chi connectivity index (χ3n) is 3.68. The molecule has 0 aromatic carbocycles. The quantitative estimate of drug-likeness (QED) is 0.542. The van der Waals surface area contributed by atoms with Crippen LogP contribution in [0.25, 0.3) is 0 Å². The van der Waals surface area contributed by atoms with E-state index in [9.17, 15) is 9.59 Å². The lowest BCUT2D eigenvalue weighted by Crippen LogP contribution is -2.49. The van der Waals surface area contributed by atoms with E-state index in [1.165, 1.54) is 0 Å². The predicted molar refractivity (Wildman–Crippen MR) is 75.3 cm³/mol. The predicted octanol–water partition coefficient (Wildman–Crippen LogP) is 0.413. The highest BCUT2D eigenvalue weighted by Gasteiger charge is 2.30. The Morgan fingerprint density at radius 3 is 2.55 bits per heavy atom. The normalized spacial score (nSPS) is 18.6. The van der Waals surface area contributed by atoms with Crippen molar-refractivity contribution in [2.24, 2.45) is 5.92 Å². The van der Waals surface area contributed by atoms with Gasteiger partial charge in [-0.3, -0.25) is 14.5 Å². The minimum Gasteiger partial charge on any atom is -0.466 e. The molecule has 0 aliphatic carbocycles. The van der Waals surface area contributed by atoms with E-state index in [-0.39, 0.29) is 23.8 Å². The van der Waals surface area contributed by atoms with E-state index in [4.69, 9.17) is 9.47 Å². The SMILES string of the molecule is CCOC(=O)C1CCN(C(C)C(=O)NCCOC)CC1. The van der Waals surface area contributed by atoms with E-state index >= 15 is 0 Å². The van der Waals surface area contributed by atoms with Gasteiger partial charge in [0.2, 0.25) is 5.91 Å². The fourth-order valence-electron chi connectivity index (χ4n) is 2.37. The molecule has 0 aromatic rings. The first-order valence-electron chi connectivity index (χ1n) is 7.27. The molecule has 0 bridgehead atoms. The average molecular weight is 286 g/mol. The summed E-state index contributed by atoms with van der Waals surface area (Å²) in [7, 11) is 1.61. The Balaban J connectivity index is 2.33. The number of carbonyl (C=O) groups excluding carboxylic acids is 2. The second-order valence-corrected chi connectivity index (χ2v) is 5.02. The standard InChI is InChI=1S/C14H26N2O4/c1-4-20-14(18)12-5-8-16(9-6-12)11(2)13(17)15-7-10-19-3/h11-12H,4-10H2,1-3H3,(H,15,17). The zero-order chi connectivity index (χ0) is 15.0. The summed E-state index contributed by atoms with van der Waals surface area (Å²) in [5, 5.41) is 2.84. The fraction of sp³-hybridized carbons (Fsp3) is 0.857. The number of methoxy groups -OCH3 is 1. The second kappa shape index (κ2) is 8.92. The van der Waals surface area contributed by atoms with Gasteiger partial charge in [-0.25, -0.2) is 0 Å². The molecular formula is C14H26N2O4. The molecular weight excluding hydrogens is 260 g/mol. The highest BCUT2D eigenvalue weighted by Crippen LogP contribution is 2.20. The fourth-order valence-corrected chi connectivity index (χ4v) is 2.37. The summed E-state index contributed by atoms with van der Waals surface area (Å²) >= 11 is 0. The Labute approximate surface area is 120 Å². The number of carbonyl (C=O) groups is 2. The van der Waals surface area contributed by atoms with E-state index in [2.05, 4.69) is 10.2 Å². The number of ether oxygens (including phenoxy) is 2. The van der Waals surface area contributed by atoms with Crippen molar-refractivity contribution in [1.29, 1.82) is 0 Å². The number of hydrogen-bond acceptors (Lipinski definition) is 5. The number of likely N-dealkylation sites (tertiary alicyclic amines) is 1. The monoisotopic (exact) mass is 286 g/mol. The molecule has 1 heterocycles. The summed E-state index contributed by atoms with van der Waals surface area (Å²) in [4.78, 5) is 25.7. The summed E-state index contributed by atoms with van der Waals surface area (Å²) in [5.74, 6) is -0.115. The lowest BCUT2D eigenvalue weighted by atomic mass is 9.96. The second-order valence-electron chi connectivity index (χ2n) is 5.02. The molecule has 116 valence electrons. The van der Waals surface area contributed by atoms with Crippen molar-refractivity contribution in [2.75, 3.05) is 40.0 Å². The summed E-state index contributed by atoms with van der Waals surface area (Å²) < 4.78 is 9.94. The average Bonchev–Trinajstić information content (AvgIpc) is 2.47. The Hall–Kier alpha value is -1.14. The van der Waals surface area contributed by atoms with Gasteiger partial charge in [-0.15, -0.1) is 0 Å². The Morgan fingerprint density at radius 2 is 2.00 bits per heavy atom. The Morgan fingerprint density at radius 1 is 1.35 bits per heavy atom. The molecule has 0 spiro atoms. The minimum atomic E-state index is -0.171. The van der Waals surface area contributed by atoms with Gasteiger partial charge < -0.3 is 14.8 Å². The molecule has 1 saturated heterocycles. The van der Waals surface area contributed by atoms with Gasteiger partial charge >= 0.3 is 5.97 Å². The van der Waals surface area contributed by atoms with Gasteiger partial charge in [0, 0.05) is 13.7 Å². The molecule has 6 nitrogen and oxygen atoms in total. The highest BCUT2D eigenvalue weighted by molar-refractivity contribution is 5.81. The zero-order valence-corrected chi connectivity index (χ0v) is 12.7. The van der Waals surface area contributed by atoms with Crippen LogP contribution in [0.5, 0.6) is 0 Å². The molecule has 20 heavy (non-hydrogen) atoms. The van der Waals surface area contributed by atoms with Crippen LogP contribution in [0.4, 0.5) is 0 Å². The van der Waals surface area contributed by atoms with E-state index in [1.54, 1.807) is 7.11 Å². The van der Waals surface area contributed by atoms with Crippen LogP contribution in [0.1, 0.15) is 26.7 Å². The summed E-state index contributed by atoms with van der Waals surface area (Å²) in [6, 6.07) is -0.171. The van der Waals surface area contributed by atoms with Crippen molar-refractivity contribution in [1.82, 2.24) is 10.2 Å². The van der Waals surface area contributed by atoms with Gasteiger partial charge in [-0.2, -0.15) is 0 Å². The number of hydrogen-bond donors (Lipinski definition) is 1. The first kappa shape index (κ1) is 16.9. The van der Waals surface area contributed by atoms with Crippen LogP contribution in [0.2, 0.25) is 0 Å². The highest BCUT2D eigenvalue weighted by atomic mass is 16.5. The Bertz CT molecular complexity index is 314. The summed E-state index contributed by atoms with van der Waals surface area (Å²) in [5.41, 5.74) is 0. The molecule has 1 atom stereocenters. The lowest BCUT2D eigenvalue weighted by molar-refractivity contribution is -0.149. The van der Waals surface area contributed by atoms with E-state index in [0.29, 0.717) is 19.8 Å². The molecule has 1 fully saturated rings. The number of esters is 1. The maximum atomic E-state index is 11.9. The number of amides is 1. The van der Waals surface area contributed by atoms with Gasteiger partial charge in [-0.1, -0.05) is 0 Å². The van der Waals surface area contributed by atoms with Crippen LogP contribution in [0, 0.1) is 5.92 Å². The van der Waals surface area contributed by atoms with Gasteiger partial charge in [0.25, 0.3) is 0 Å². The van der Waals surface area contributed by atoms with Crippen LogP contribution in [-0.2, 0) is 19.1 Å². The lowest BCUT2D eigenvalue weighted by Gasteiger charge is -2.34. The van der Waals surface area contributed by atoms with Crippen LogP contribution in [0.3, 0.4) is 0 Å². The molecule has 0 aromatic heterocycles. The molecule has 1 unspecified atom stereocenters. The topological polar surface area (TPSA) is 67.9 Å². The molecule has 0 radical (unpaired) electrons. The third kappa shape index (κ3) is 5.09. The maximum absolute atomic E-state index is 11.9. The van der Waals surface area contributed by atoms with Crippen LogP contribution < -0.4 is 5.32 Å². The van der Waals surface area contributed by atoms with Crippen molar-refractivity contribution in [3.63, 3.8) is 0 Å². The zero-order valence-electron chi connectivity index (χ0n) is 12.7. The van der Waals surface area contributed by atoms with Crippen LogP contribution in [-0.4, -0.2) is 62.8 Å². The molecule has 1 amide bonds. The third-order valence-corrected chi connectivity index (χ3v) is 3.68. The van der Waals surface area contributed by atoms with Crippen molar-refractivity contribution in [2.45, 2.75) is 32.7 Å². The summed E-state index contributed by atoms with van der Waals surface area (Å²) in [6.07, 6.45) is 1.52. The first-order chi connectivity index (χ1) is 9.60.